The highest BCUT2D eigenvalue weighted by molar-refractivity contribution is 4.92. The lowest BCUT2D eigenvalue weighted by molar-refractivity contribution is 0.129. The Kier molecular flexibility index (Phi) is 20.8. The summed E-state index contributed by atoms with van der Waals surface area (Å²) in [6.07, 6.45) is 25.8. The summed E-state index contributed by atoms with van der Waals surface area (Å²) in [4.78, 5) is 0. The van der Waals surface area contributed by atoms with Crippen molar-refractivity contribution in [1.29, 1.82) is 0 Å². The van der Waals surface area contributed by atoms with Crippen molar-refractivity contribution in [1.82, 2.24) is 0 Å². The molecule has 0 amide bonds. The fourth-order valence-corrected chi connectivity index (χ4v) is 2.48. The van der Waals surface area contributed by atoms with Gasteiger partial charge in [-0.3, -0.25) is 0 Å². The maximum atomic E-state index is 5.50. The summed E-state index contributed by atoms with van der Waals surface area (Å²) >= 11 is 0. The van der Waals surface area contributed by atoms with Gasteiger partial charge in [-0.1, -0.05) is 69.8 Å². The molecule has 0 saturated carbocycles. The molecular formula is C21H41NO. The number of nitrogens with two attached hydrogens (primary N) is 1. The molecule has 0 saturated heterocycles. The number of unbranched alkanes of at least 4 members (excludes halogenated alkanes) is 9. The van der Waals surface area contributed by atoms with E-state index in [1.807, 2.05) is 0 Å². The van der Waals surface area contributed by atoms with Crippen LogP contribution in [0.3, 0.4) is 0 Å². The average molecular weight is 324 g/mol. The summed E-state index contributed by atoms with van der Waals surface area (Å²) in [5.74, 6) is 0. The number of ether oxygens (including phenoxy) is 1. The quantitative estimate of drug-likeness (QED) is 0.242. The van der Waals surface area contributed by atoms with Crippen molar-refractivity contribution in [2.24, 2.45) is 5.73 Å². The highest BCUT2D eigenvalue weighted by atomic mass is 16.5. The van der Waals surface area contributed by atoms with Gasteiger partial charge in [0.2, 0.25) is 0 Å². The van der Waals surface area contributed by atoms with Crippen molar-refractivity contribution >= 4 is 0 Å². The van der Waals surface area contributed by atoms with Crippen molar-refractivity contribution in [2.45, 2.75) is 90.4 Å². The summed E-state index contributed by atoms with van der Waals surface area (Å²) < 4.78 is 5.50. The zero-order valence-corrected chi connectivity index (χ0v) is 15.6. The predicted octanol–water partition coefficient (Wildman–Crippen LogP) is 6.17. The van der Waals surface area contributed by atoms with Gasteiger partial charge in [-0.25, -0.2) is 0 Å². The van der Waals surface area contributed by atoms with Gasteiger partial charge < -0.3 is 10.5 Å². The molecule has 0 fully saturated rings. The molecule has 0 aliphatic heterocycles. The van der Waals surface area contributed by atoms with Crippen molar-refractivity contribution < 1.29 is 4.74 Å². The Labute approximate surface area is 145 Å². The first-order chi connectivity index (χ1) is 11.4. The Hall–Kier alpha value is -0.600. The van der Waals surface area contributed by atoms with Crippen LogP contribution in [0.2, 0.25) is 0 Å². The topological polar surface area (TPSA) is 35.2 Å². The van der Waals surface area contributed by atoms with E-state index in [4.69, 9.17) is 10.5 Å². The Morgan fingerprint density at radius 1 is 0.652 bits per heavy atom. The number of allylic oxidation sites excluding steroid dienone is 4. The minimum absolute atomic E-state index is 0.740. The first-order valence-electron chi connectivity index (χ1n) is 9.99. The largest absolute Gasteiger partial charge is 0.381 e. The first kappa shape index (κ1) is 22.4. The van der Waals surface area contributed by atoms with E-state index in [9.17, 15) is 0 Å². The molecule has 0 bridgehead atoms. The van der Waals surface area contributed by atoms with Crippen LogP contribution in [0.4, 0.5) is 0 Å². The summed E-state index contributed by atoms with van der Waals surface area (Å²) in [6, 6.07) is 0. The van der Waals surface area contributed by atoms with Gasteiger partial charge in [-0.2, -0.15) is 0 Å². The lowest BCUT2D eigenvalue weighted by Gasteiger charge is -2.03. The fraction of sp³-hybridized carbons (Fsp3) is 0.810. The van der Waals surface area contributed by atoms with E-state index in [2.05, 4.69) is 31.2 Å². The third-order valence-corrected chi connectivity index (χ3v) is 3.98. The smallest absolute Gasteiger partial charge is 0.0478 e. The Morgan fingerprint density at radius 2 is 1.22 bits per heavy atom. The summed E-state index contributed by atoms with van der Waals surface area (Å²) in [5.41, 5.74) is 5.42. The minimum Gasteiger partial charge on any atom is -0.381 e. The third-order valence-electron chi connectivity index (χ3n) is 3.98. The molecule has 0 radical (unpaired) electrons. The Bertz CT molecular complexity index is 261. The van der Waals surface area contributed by atoms with Crippen LogP contribution in [0, 0.1) is 0 Å². The summed E-state index contributed by atoms with van der Waals surface area (Å²) in [6.45, 7) is 4.74. The molecule has 0 aromatic carbocycles. The normalized spacial score (nSPS) is 11.9. The van der Waals surface area contributed by atoms with Crippen LogP contribution in [0.5, 0.6) is 0 Å². The van der Waals surface area contributed by atoms with Gasteiger partial charge in [0.25, 0.3) is 0 Å². The second kappa shape index (κ2) is 21.4. The molecule has 0 aromatic heterocycles. The van der Waals surface area contributed by atoms with Gasteiger partial charge >= 0.3 is 0 Å². The van der Waals surface area contributed by atoms with Gasteiger partial charge in [0.15, 0.2) is 0 Å². The molecule has 0 aliphatic carbocycles. The monoisotopic (exact) mass is 323 g/mol. The molecular weight excluding hydrogens is 282 g/mol. The fourth-order valence-electron chi connectivity index (χ4n) is 2.48. The number of hydrogen-bond donors (Lipinski definition) is 1. The van der Waals surface area contributed by atoms with Crippen LogP contribution < -0.4 is 5.73 Å². The van der Waals surface area contributed by atoms with Crippen LogP contribution in [-0.2, 0) is 4.74 Å². The van der Waals surface area contributed by atoms with E-state index in [0.717, 1.165) is 32.6 Å². The van der Waals surface area contributed by atoms with E-state index in [1.165, 1.54) is 70.6 Å². The van der Waals surface area contributed by atoms with Crippen molar-refractivity contribution in [3.63, 3.8) is 0 Å². The zero-order valence-electron chi connectivity index (χ0n) is 15.6. The average Bonchev–Trinajstić information content (AvgIpc) is 2.57. The standard InChI is InChI=1S/C21H41NO/c1-2-3-4-5-6-7-8-9-10-11-12-13-14-15-16-17-20-23-21-18-19-22/h6-7,9-10H,2-5,8,11-22H2,1H3/b7-6-,10-9-. The predicted molar refractivity (Wildman–Crippen MR) is 104 cm³/mol. The Morgan fingerprint density at radius 3 is 1.87 bits per heavy atom. The summed E-state index contributed by atoms with van der Waals surface area (Å²) in [7, 11) is 0. The lowest BCUT2D eigenvalue weighted by Crippen LogP contribution is -2.04. The van der Waals surface area contributed by atoms with Gasteiger partial charge in [-0.05, 0) is 51.5 Å². The van der Waals surface area contributed by atoms with E-state index in [1.54, 1.807) is 0 Å². The Balaban J connectivity index is 3.10. The van der Waals surface area contributed by atoms with E-state index >= 15 is 0 Å². The highest BCUT2D eigenvalue weighted by Crippen LogP contribution is 2.08. The molecule has 2 nitrogen and oxygen atoms in total. The van der Waals surface area contributed by atoms with Crippen LogP contribution in [0.25, 0.3) is 0 Å². The molecule has 0 unspecified atom stereocenters. The zero-order chi connectivity index (χ0) is 16.8. The highest BCUT2D eigenvalue weighted by Gasteiger charge is 1.92. The van der Waals surface area contributed by atoms with E-state index in [-0.39, 0.29) is 0 Å². The molecule has 2 heteroatoms. The molecule has 2 N–H and O–H groups in total. The second-order valence-electron chi connectivity index (χ2n) is 6.34. The number of rotatable bonds is 18. The molecule has 23 heavy (non-hydrogen) atoms. The van der Waals surface area contributed by atoms with Crippen molar-refractivity contribution in [3.8, 4) is 0 Å². The molecule has 0 atom stereocenters. The lowest BCUT2D eigenvalue weighted by atomic mass is 10.1. The molecule has 0 rings (SSSR count). The maximum absolute atomic E-state index is 5.50. The van der Waals surface area contributed by atoms with Crippen molar-refractivity contribution in [2.75, 3.05) is 19.8 Å². The molecule has 0 spiro atoms. The van der Waals surface area contributed by atoms with Gasteiger partial charge in [0, 0.05) is 13.2 Å². The van der Waals surface area contributed by atoms with Crippen LogP contribution >= 0.6 is 0 Å². The maximum Gasteiger partial charge on any atom is 0.0478 e. The first-order valence-corrected chi connectivity index (χ1v) is 9.99. The van der Waals surface area contributed by atoms with Gasteiger partial charge in [0.1, 0.15) is 0 Å². The van der Waals surface area contributed by atoms with Gasteiger partial charge in [0.05, 0.1) is 0 Å². The summed E-state index contributed by atoms with van der Waals surface area (Å²) in [5, 5.41) is 0. The van der Waals surface area contributed by atoms with Crippen LogP contribution in [-0.4, -0.2) is 19.8 Å². The molecule has 0 aliphatic rings. The SMILES string of the molecule is CCCCC/C=C\C/C=C\CCCCCCCCOCCCN. The second-order valence-corrected chi connectivity index (χ2v) is 6.34. The van der Waals surface area contributed by atoms with Gasteiger partial charge in [-0.15, -0.1) is 0 Å². The van der Waals surface area contributed by atoms with Crippen LogP contribution in [0.1, 0.15) is 90.4 Å². The molecule has 0 aromatic rings. The van der Waals surface area contributed by atoms with Crippen LogP contribution in [0.15, 0.2) is 24.3 Å². The van der Waals surface area contributed by atoms with Crippen molar-refractivity contribution in [3.05, 3.63) is 24.3 Å². The third kappa shape index (κ3) is 21.4. The van der Waals surface area contributed by atoms with E-state index < -0.39 is 0 Å². The number of hydrogen-bond acceptors (Lipinski definition) is 2. The molecule has 0 heterocycles. The molecule has 136 valence electrons. The van der Waals surface area contributed by atoms with E-state index in [0.29, 0.717) is 0 Å². The minimum atomic E-state index is 0.740.